The first-order valence-corrected chi connectivity index (χ1v) is 7.96. The van der Waals surface area contributed by atoms with Crippen molar-refractivity contribution >= 4 is 0 Å². The summed E-state index contributed by atoms with van der Waals surface area (Å²) in [4.78, 5) is 2.55. The minimum absolute atomic E-state index is 0.419. The van der Waals surface area contributed by atoms with Crippen LogP contribution in [0.25, 0.3) is 0 Å². The molecule has 1 N–H and O–H groups in total. The summed E-state index contributed by atoms with van der Waals surface area (Å²) in [5.74, 6) is 0. The Kier molecular flexibility index (Phi) is 6.51. The molecule has 112 valence electrons. The Labute approximate surface area is 123 Å². The third kappa shape index (κ3) is 4.30. The molecule has 1 aromatic rings. The smallest absolute Gasteiger partial charge is 0.0703 e. The van der Waals surface area contributed by atoms with Gasteiger partial charge in [-0.05, 0) is 31.5 Å². The number of nitrogens with one attached hydrogen (secondary N) is 1. The zero-order chi connectivity index (χ0) is 14.2. The molecule has 1 heterocycles. The molecule has 1 aromatic carbocycles. The standard InChI is InChI=1S/C17H28N2O/c1-3-18-13-17(15-9-6-5-7-10-15)19(4-2)14-16-11-8-12-20-16/h5-7,9-10,16-18H,3-4,8,11-14H2,1-2H3. The second-order valence-electron chi connectivity index (χ2n) is 5.46. The summed E-state index contributed by atoms with van der Waals surface area (Å²) in [7, 11) is 0. The van der Waals surface area contributed by atoms with Crippen molar-refractivity contribution in [3.8, 4) is 0 Å². The van der Waals surface area contributed by atoms with Gasteiger partial charge in [-0.15, -0.1) is 0 Å². The lowest BCUT2D eigenvalue weighted by molar-refractivity contribution is 0.0587. The second-order valence-corrected chi connectivity index (χ2v) is 5.46. The molecule has 0 spiro atoms. The Morgan fingerprint density at radius 3 is 2.70 bits per heavy atom. The van der Waals surface area contributed by atoms with Gasteiger partial charge in [0.15, 0.2) is 0 Å². The number of likely N-dealkylation sites (N-methyl/N-ethyl adjacent to an activating group) is 2. The molecule has 0 saturated carbocycles. The van der Waals surface area contributed by atoms with Gasteiger partial charge in [-0.1, -0.05) is 44.2 Å². The fourth-order valence-electron chi connectivity index (χ4n) is 2.94. The minimum Gasteiger partial charge on any atom is -0.377 e. The summed E-state index contributed by atoms with van der Waals surface area (Å²) >= 11 is 0. The van der Waals surface area contributed by atoms with Crippen LogP contribution in [0.3, 0.4) is 0 Å². The van der Waals surface area contributed by atoms with Crippen LogP contribution in [0.1, 0.15) is 38.3 Å². The first kappa shape index (κ1) is 15.5. The normalized spacial score (nSPS) is 20.4. The van der Waals surface area contributed by atoms with Crippen LogP contribution in [-0.2, 0) is 4.74 Å². The highest BCUT2D eigenvalue weighted by atomic mass is 16.5. The summed E-state index contributed by atoms with van der Waals surface area (Å²) in [6, 6.07) is 11.3. The molecule has 0 radical (unpaired) electrons. The molecule has 2 unspecified atom stereocenters. The van der Waals surface area contributed by atoms with E-state index in [1.807, 2.05) is 0 Å². The molecular weight excluding hydrogens is 248 g/mol. The van der Waals surface area contributed by atoms with Crippen molar-refractivity contribution < 1.29 is 4.74 Å². The van der Waals surface area contributed by atoms with Gasteiger partial charge in [-0.3, -0.25) is 4.90 Å². The van der Waals surface area contributed by atoms with E-state index in [0.29, 0.717) is 12.1 Å². The van der Waals surface area contributed by atoms with Crippen molar-refractivity contribution in [2.75, 3.05) is 32.8 Å². The van der Waals surface area contributed by atoms with E-state index >= 15 is 0 Å². The van der Waals surface area contributed by atoms with E-state index in [4.69, 9.17) is 4.74 Å². The van der Waals surface area contributed by atoms with Crippen LogP contribution < -0.4 is 5.32 Å². The van der Waals surface area contributed by atoms with Gasteiger partial charge in [0.1, 0.15) is 0 Å². The zero-order valence-corrected chi connectivity index (χ0v) is 12.8. The second kappa shape index (κ2) is 8.40. The van der Waals surface area contributed by atoms with E-state index in [-0.39, 0.29) is 0 Å². The molecule has 1 aliphatic rings. The van der Waals surface area contributed by atoms with Crippen molar-refractivity contribution in [2.45, 2.75) is 38.8 Å². The molecule has 1 aliphatic heterocycles. The van der Waals surface area contributed by atoms with Crippen LogP contribution in [0, 0.1) is 0 Å². The quantitative estimate of drug-likeness (QED) is 0.790. The number of nitrogens with zero attached hydrogens (tertiary/aromatic N) is 1. The predicted molar refractivity (Wildman–Crippen MR) is 83.9 cm³/mol. The lowest BCUT2D eigenvalue weighted by Crippen LogP contribution is -2.40. The van der Waals surface area contributed by atoms with Crippen LogP contribution in [0.15, 0.2) is 30.3 Å². The number of benzene rings is 1. The molecule has 0 aliphatic carbocycles. The largest absolute Gasteiger partial charge is 0.377 e. The molecule has 3 heteroatoms. The average Bonchev–Trinajstić information content (AvgIpc) is 3.00. The van der Waals surface area contributed by atoms with Crippen LogP contribution >= 0.6 is 0 Å². The highest BCUT2D eigenvalue weighted by Gasteiger charge is 2.24. The fraction of sp³-hybridized carbons (Fsp3) is 0.647. The van der Waals surface area contributed by atoms with E-state index in [0.717, 1.165) is 32.8 Å². The van der Waals surface area contributed by atoms with E-state index < -0.39 is 0 Å². The SMILES string of the molecule is CCNCC(c1ccccc1)N(CC)CC1CCCO1. The summed E-state index contributed by atoms with van der Waals surface area (Å²) in [5, 5.41) is 3.50. The van der Waals surface area contributed by atoms with E-state index in [1.54, 1.807) is 0 Å². The van der Waals surface area contributed by atoms with Crippen molar-refractivity contribution in [3.05, 3.63) is 35.9 Å². The van der Waals surface area contributed by atoms with Crippen LogP contribution in [0.5, 0.6) is 0 Å². The topological polar surface area (TPSA) is 24.5 Å². The first-order chi connectivity index (χ1) is 9.85. The zero-order valence-electron chi connectivity index (χ0n) is 12.8. The lowest BCUT2D eigenvalue weighted by atomic mass is 10.0. The monoisotopic (exact) mass is 276 g/mol. The maximum Gasteiger partial charge on any atom is 0.0703 e. The molecule has 0 bridgehead atoms. The van der Waals surface area contributed by atoms with Gasteiger partial charge in [0.05, 0.1) is 6.10 Å². The molecule has 2 rings (SSSR count). The summed E-state index contributed by atoms with van der Waals surface area (Å²) in [6.07, 6.45) is 2.84. The Hall–Kier alpha value is -0.900. The van der Waals surface area contributed by atoms with Crippen LogP contribution in [0.4, 0.5) is 0 Å². The minimum atomic E-state index is 0.419. The van der Waals surface area contributed by atoms with Crippen LogP contribution in [-0.4, -0.2) is 43.8 Å². The molecular formula is C17H28N2O. The highest BCUT2D eigenvalue weighted by Crippen LogP contribution is 2.23. The van der Waals surface area contributed by atoms with Gasteiger partial charge in [-0.25, -0.2) is 0 Å². The van der Waals surface area contributed by atoms with Gasteiger partial charge >= 0.3 is 0 Å². The maximum absolute atomic E-state index is 5.81. The van der Waals surface area contributed by atoms with Gasteiger partial charge in [0.2, 0.25) is 0 Å². The van der Waals surface area contributed by atoms with E-state index in [2.05, 4.69) is 54.4 Å². The Morgan fingerprint density at radius 1 is 1.30 bits per heavy atom. The average molecular weight is 276 g/mol. The molecule has 0 aromatic heterocycles. The molecule has 3 nitrogen and oxygen atoms in total. The van der Waals surface area contributed by atoms with Crippen molar-refractivity contribution in [3.63, 3.8) is 0 Å². The van der Waals surface area contributed by atoms with Gasteiger partial charge in [0, 0.05) is 25.7 Å². The number of hydrogen-bond acceptors (Lipinski definition) is 3. The van der Waals surface area contributed by atoms with Gasteiger partial charge in [-0.2, -0.15) is 0 Å². The fourth-order valence-corrected chi connectivity index (χ4v) is 2.94. The highest BCUT2D eigenvalue weighted by molar-refractivity contribution is 5.19. The number of rotatable bonds is 8. The van der Waals surface area contributed by atoms with Crippen molar-refractivity contribution in [2.24, 2.45) is 0 Å². The van der Waals surface area contributed by atoms with Gasteiger partial charge in [0.25, 0.3) is 0 Å². The van der Waals surface area contributed by atoms with E-state index in [9.17, 15) is 0 Å². The van der Waals surface area contributed by atoms with Crippen LogP contribution in [0.2, 0.25) is 0 Å². The Balaban J connectivity index is 2.06. The summed E-state index contributed by atoms with van der Waals surface area (Å²) in [5.41, 5.74) is 1.40. The van der Waals surface area contributed by atoms with Gasteiger partial charge < -0.3 is 10.1 Å². The Morgan fingerprint density at radius 2 is 2.10 bits per heavy atom. The summed E-state index contributed by atoms with van der Waals surface area (Å²) in [6.45, 7) is 9.47. The maximum atomic E-state index is 5.81. The van der Waals surface area contributed by atoms with Crippen molar-refractivity contribution in [1.29, 1.82) is 0 Å². The summed E-state index contributed by atoms with van der Waals surface area (Å²) < 4.78 is 5.81. The third-order valence-corrected chi connectivity index (χ3v) is 4.08. The number of hydrogen-bond donors (Lipinski definition) is 1. The molecule has 1 saturated heterocycles. The molecule has 2 atom stereocenters. The third-order valence-electron chi connectivity index (χ3n) is 4.08. The number of ether oxygens (including phenoxy) is 1. The predicted octanol–water partition coefficient (Wildman–Crippen LogP) is 2.84. The Bertz CT molecular complexity index is 363. The molecule has 1 fully saturated rings. The molecule has 0 amide bonds. The van der Waals surface area contributed by atoms with Crippen molar-refractivity contribution in [1.82, 2.24) is 10.2 Å². The van der Waals surface area contributed by atoms with E-state index in [1.165, 1.54) is 18.4 Å². The lowest BCUT2D eigenvalue weighted by Gasteiger charge is -2.33. The molecule has 20 heavy (non-hydrogen) atoms. The first-order valence-electron chi connectivity index (χ1n) is 7.96.